The van der Waals surface area contributed by atoms with Crippen LogP contribution in [0.1, 0.15) is 22.3 Å². The van der Waals surface area contributed by atoms with Gasteiger partial charge in [0.15, 0.2) is 0 Å². The number of aliphatic imine (C=N–C) groups is 1. The van der Waals surface area contributed by atoms with Crippen molar-refractivity contribution in [3.8, 4) is 17.6 Å². The van der Waals surface area contributed by atoms with Gasteiger partial charge >= 0.3 is 0 Å². The van der Waals surface area contributed by atoms with Crippen LogP contribution in [0.5, 0.6) is 5.75 Å². The molecule has 0 radical (unpaired) electrons. The van der Waals surface area contributed by atoms with Crippen LogP contribution in [0.2, 0.25) is 0 Å². The molecule has 0 aliphatic carbocycles. The SMILES string of the molecule is COc1ccc(C#Cc2ccccc2C=NCc2ccccc2)cc1. The Labute approximate surface area is 148 Å². The van der Waals surface area contributed by atoms with Gasteiger partial charge in [-0.1, -0.05) is 60.4 Å². The molecule has 3 rings (SSSR count). The molecule has 0 bridgehead atoms. The lowest BCUT2D eigenvalue weighted by Crippen LogP contribution is -1.89. The van der Waals surface area contributed by atoms with Gasteiger partial charge in [0.1, 0.15) is 5.75 Å². The summed E-state index contributed by atoms with van der Waals surface area (Å²) in [6.45, 7) is 0.668. The van der Waals surface area contributed by atoms with Crippen molar-refractivity contribution in [1.82, 2.24) is 0 Å². The topological polar surface area (TPSA) is 21.6 Å². The van der Waals surface area contributed by atoms with Crippen molar-refractivity contribution in [2.75, 3.05) is 7.11 Å². The first-order valence-electron chi connectivity index (χ1n) is 8.14. The number of nitrogens with zero attached hydrogens (tertiary/aromatic N) is 1. The second-order valence-corrected chi connectivity index (χ2v) is 5.52. The molecular formula is C23H19NO. The van der Waals surface area contributed by atoms with E-state index in [0.717, 1.165) is 22.4 Å². The van der Waals surface area contributed by atoms with Crippen LogP contribution in [0.25, 0.3) is 0 Å². The Morgan fingerprint density at radius 2 is 1.56 bits per heavy atom. The van der Waals surface area contributed by atoms with Gasteiger partial charge < -0.3 is 4.74 Å². The van der Waals surface area contributed by atoms with Crippen LogP contribution in [-0.2, 0) is 6.54 Å². The molecule has 0 saturated carbocycles. The highest BCUT2D eigenvalue weighted by Crippen LogP contribution is 2.11. The van der Waals surface area contributed by atoms with Crippen molar-refractivity contribution >= 4 is 6.21 Å². The van der Waals surface area contributed by atoms with Gasteiger partial charge in [0.25, 0.3) is 0 Å². The van der Waals surface area contributed by atoms with E-state index in [9.17, 15) is 0 Å². The van der Waals surface area contributed by atoms with Gasteiger partial charge in [-0.25, -0.2) is 0 Å². The number of hydrogen-bond donors (Lipinski definition) is 0. The van der Waals surface area contributed by atoms with E-state index in [1.165, 1.54) is 5.56 Å². The van der Waals surface area contributed by atoms with E-state index >= 15 is 0 Å². The molecule has 2 nitrogen and oxygen atoms in total. The van der Waals surface area contributed by atoms with E-state index in [4.69, 9.17) is 4.74 Å². The minimum absolute atomic E-state index is 0.668. The standard InChI is InChI=1S/C23H19NO/c1-25-23-15-12-19(13-16-23)11-14-21-9-5-6-10-22(21)18-24-17-20-7-3-2-4-8-20/h2-10,12-13,15-16,18H,17H2,1H3. The molecular weight excluding hydrogens is 306 g/mol. The van der Waals surface area contributed by atoms with Gasteiger partial charge in [-0.3, -0.25) is 4.99 Å². The van der Waals surface area contributed by atoms with Crippen LogP contribution in [-0.4, -0.2) is 13.3 Å². The van der Waals surface area contributed by atoms with Gasteiger partial charge in [0, 0.05) is 22.9 Å². The first-order chi connectivity index (χ1) is 12.3. The van der Waals surface area contributed by atoms with Crippen LogP contribution in [0.4, 0.5) is 0 Å². The van der Waals surface area contributed by atoms with Gasteiger partial charge in [-0.15, -0.1) is 0 Å². The van der Waals surface area contributed by atoms with Gasteiger partial charge in [-0.05, 0) is 35.9 Å². The zero-order valence-electron chi connectivity index (χ0n) is 14.1. The Kier molecular flexibility index (Phi) is 5.64. The normalized spacial score (nSPS) is 10.3. The van der Waals surface area contributed by atoms with E-state index in [-0.39, 0.29) is 0 Å². The summed E-state index contributed by atoms with van der Waals surface area (Å²) >= 11 is 0. The fraction of sp³-hybridized carbons (Fsp3) is 0.0870. The van der Waals surface area contributed by atoms with Crippen molar-refractivity contribution in [2.45, 2.75) is 6.54 Å². The Morgan fingerprint density at radius 1 is 0.840 bits per heavy atom. The molecule has 0 spiro atoms. The maximum atomic E-state index is 5.17. The number of benzene rings is 3. The molecule has 0 fully saturated rings. The van der Waals surface area contributed by atoms with Crippen molar-refractivity contribution in [3.05, 3.63) is 101 Å². The first kappa shape index (κ1) is 16.5. The molecule has 0 aliphatic heterocycles. The van der Waals surface area contributed by atoms with Crippen molar-refractivity contribution < 1.29 is 4.74 Å². The average molecular weight is 325 g/mol. The van der Waals surface area contributed by atoms with Crippen molar-refractivity contribution in [3.63, 3.8) is 0 Å². The quantitative estimate of drug-likeness (QED) is 0.503. The Balaban J connectivity index is 1.75. The molecule has 0 amide bonds. The second-order valence-electron chi connectivity index (χ2n) is 5.52. The lowest BCUT2D eigenvalue weighted by atomic mass is 10.1. The molecule has 0 aliphatic rings. The zero-order valence-corrected chi connectivity index (χ0v) is 14.1. The van der Waals surface area contributed by atoms with Crippen molar-refractivity contribution in [2.24, 2.45) is 4.99 Å². The van der Waals surface area contributed by atoms with E-state index in [0.29, 0.717) is 6.54 Å². The van der Waals surface area contributed by atoms with Gasteiger partial charge in [-0.2, -0.15) is 0 Å². The third-order valence-corrected chi connectivity index (χ3v) is 3.74. The summed E-state index contributed by atoms with van der Waals surface area (Å²) in [5.41, 5.74) is 4.15. The van der Waals surface area contributed by atoms with Crippen molar-refractivity contribution in [1.29, 1.82) is 0 Å². The largest absolute Gasteiger partial charge is 0.497 e. The first-order valence-corrected chi connectivity index (χ1v) is 8.14. The summed E-state index contributed by atoms with van der Waals surface area (Å²) in [5, 5.41) is 0. The number of methoxy groups -OCH3 is 1. The summed E-state index contributed by atoms with van der Waals surface area (Å²) in [7, 11) is 1.66. The molecule has 0 unspecified atom stereocenters. The molecule has 0 aromatic heterocycles. The Morgan fingerprint density at radius 3 is 2.32 bits per heavy atom. The highest BCUT2D eigenvalue weighted by molar-refractivity contribution is 5.83. The molecule has 25 heavy (non-hydrogen) atoms. The Bertz CT molecular complexity index is 900. The van der Waals surface area contributed by atoms with Gasteiger partial charge in [0.05, 0.1) is 13.7 Å². The minimum Gasteiger partial charge on any atom is -0.497 e. The van der Waals surface area contributed by atoms with Crippen LogP contribution >= 0.6 is 0 Å². The summed E-state index contributed by atoms with van der Waals surface area (Å²) in [4.78, 5) is 4.54. The minimum atomic E-state index is 0.668. The third-order valence-electron chi connectivity index (χ3n) is 3.74. The van der Waals surface area contributed by atoms with E-state index in [1.54, 1.807) is 7.11 Å². The molecule has 0 atom stereocenters. The van der Waals surface area contributed by atoms with Gasteiger partial charge in [0.2, 0.25) is 0 Å². The van der Waals surface area contributed by atoms with Crippen LogP contribution < -0.4 is 4.74 Å². The summed E-state index contributed by atoms with van der Waals surface area (Å²) in [6, 6.07) is 26.0. The monoisotopic (exact) mass is 325 g/mol. The maximum absolute atomic E-state index is 5.17. The summed E-state index contributed by atoms with van der Waals surface area (Å²) < 4.78 is 5.17. The molecule has 3 aromatic rings. The predicted octanol–water partition coefficient (Wildman–Crippen LogP) is 4.71. The van der Waals surface area contributed by atoms with Crippen LogP contribution in [0.15, 0.2) is 83.9 Å². The maximum Gasteiger partial charge on any atom is 0.118 e. The lowest BCUT2D eigenvalue weighted by Gasteiger charge is -1.99. The fourth-order valence-electron chi connectivity index (χ4n) is 2.37. The molecule has 0 N–H and O–H groups in total. The number of ether oxygens (including phenoxy) is 1. The smallest absolute Gasteiger partial charge is 0.118 e. The highest BCUT2D eigenvalue weighted by Gasteiger charge is 1.96. The van der Waals surface area contributed by atoms with Crippen LogP contribution in [0, 0.1) is 11.8 Å². The molecule has 2 heteroatoms. The zero-order chi connectivity index (χ0) is 17.3. The molecule has 0 heterocycles. The number of hydrogen-bond acceptors (Lipinski definition) is 2. The van der Waals surface area contributed by atoms with Crippen LogP contribution in [0.3, 0.4) is 0 Å². The molecule has 3 aromatic carbocycles. The second kappa shape index (κ2) is 8.52. The molecule has 0 saturated heterocycles. The van der Waals surface area contributed by atoms with E-state index < -0.39 is 0 Å². The average Bonchev–Trinajstić information content (AvgIpc) is 2.68. The highest BCUT2D eigenvalue weighted by atomic mass is 16.5. The lowest BCUT2D eigenvalue weighted by molar-refractivity contribution is 0.415. The summed E-state index contributed by atoms with van der Waals surface area (Å²) in [5.74, 6) is 7.26. The molecule has 122 valence electrons. The van der Waals surface area contributed by atoms with E-state index in [1.807, 2.05) is 72.9 Å². The summed E-state index contributed by atoms with van der Waals surface area (Å²) in [6.07, 6.45) is 1.89. The Hall–Kier alpha value is -3.31. The van der Waals surface area contributed by atoms with E-state index in [2.05, 4.69) is 29.0 Å². The number of rotatable bonds is 4. The predicted molar refractivity (Wildman–Crippen MR) is 103 cm³/mol. The third kappa shape index (κ3) is 4.83. The fourth-order valence-corrected chi connectivity index (χ4v) is 2.37.